The van der Waals surface area contributed by atoms with E-state index in [2.05, 4.69) is 31.3 Å². The number of sulfonamides is 1. The molecule has 0 fully saturated rings. The normalized spacial score (nSPS) is 14.6. The molecule has 4 rings (SSSR count). The van der Waals surface area contributed by atoms with E-state index < -0.39 is 10.0 Å². The minimum atomic E-state index is -3.44. The molecule has 3 aromatic rings. The molecular formula is C23H20BrN3O3S. The van der Waals surface area contributed by atoms with Crippen LogP contribution in [0.25, 0.3) is 11.3 Å². The van der Waals surface area contributed by atoms with Crippen LogP contribution in [0.15, 0.2) is 77.3 Å². The average Bonchev–Trinajstić information content (AvgIpc) is 3.08. The number of fused-ring (bicyclic) bond motifs is 1. The maximum absolute atomic E-state index is 13.0. The Balaban J connectivity index is 1.86. The fraction of sp³-hybridized carbons (Fsp3) is 0.0870. The smallest absolute Gasteiger partial charge is 0.258 e. The molecule has 0 saturated carbocycles. The van der Waals surface area contributed by atoms with Crippen molar-refractivity contribution < 1.29 is 13.2 Å². The zero-order valence-electron chi connectivity index (χ0n) is 16.6. The van der Waals surface area contributed by atoms with Gasteiger partial charge in [-0.15, -0.1) is 0 Å². The zero-order valence-corrected chi connectivity index (χ0v) is 19.0. The zero-order chi connectivity index (χ0) is 22.0. The van der Waals surface area contributed by atoms with E-state index in [9.17, 15) is 13.2 Å². The summed E-state index contributed by atoms with van der Waals surface area (Å²) in [5, 5.41) is 6.25. The van der Waals surface area contributed by atoms with E-state index in [1.807, 2.05) is 54.6 Å². The van der Waals surface area contributed by atoms with Gasteiger partial charge in [-0.2, -0.15) is 0 Å². The highest BCUT2D eigenvalue weighted by Crippen LogP contribution is 2.39. The second-order valence-electron chi connectivity index (χ2n) is 6.97. The van der Waals surface area contributed by atoms with Gasteiger partial charge in [-0.3, -0.25) is 9.52 Å². The van der Waals surface area contributed by atoms with Gasteiger partial charge in [0.2, 0.25) is 10.0 Å². The Bertz CT molecular complexity index is 1270. The summed E-state index contributed by atoms with van der Waals surface area (Å²) >= 11 is 3.43. The number of anilines is 3. The van der Waals surface area contributed by atoms with Gasteiger partial charge in [0.25, 0.3) is 5.91 Å². The number of hydrogen-bond donors (Lipinski definition) is 3. The molecule has 6 nitrogen and oxygen atoms in total. The van der Waals surface area contributed by atoms with Crippen molar-refractivity contribution >= 4 is 60.2 Å². The number of rotatable bonds is 6. The molecule has 1 aliphatic heterocycles. The molecule has 31 heavy (non-hydrogen) atoms. The lowest BCUT2D eigenvalue weighted by atomic mass is 9.99. The van der Waals surface area contributed by atoms with Gasteiger partial charge in [0.05, 0.1) is 17.0 Å². The Morgan fingerprint density at radius 1 is 0.968 bits per heavy atom. The Hall–Kier alpha value is -3.10. The minimum Gasteiger partial charge on any atom is -0.354 e. The van der Waals surface area contributed by atoms with Gasteiger partial charge in [-0.05, 0) is 55.0 Å². The molecule has 1 aliphatic rings. The van der Waals surface area contributed by atoms with Gasteiger partial charge in [-0.25, -0.2) is 8.42 Å². The minimum absolute atomic E-state index is 0.0374. The molecule has 0 bridgehead atoms. The summed E-state index contributed by atoms with van der Waals surface area (Å²) in [6, 6.07) is 22.2. The number of carbonyl (C=O) groups is 1. The summed E-state index contributed by atoms with van der Waals surface area (Å²) in [6.45, 7) is 1.57. The van der Waals surface area contributed by atoms with Crippen molar-refractivity contribution in [3.8, 4) is 0 Å². The van der Waals surface area contributed by atoms with E-state index in [1.54, 1.807) is 25.1 Å². The molecule has 0 unspecified atom stereocenters. The summed E-state index contributed by atoms with van der Waals surface area (Å²) in [7, 11) is -3.44. The highest BCUT2D eigenvalue weighted by Gasteiger charge is 2.29. The van der Waals surface area contributed by atoms with E-state index in [0.717, 1.165) is 15.7 Å². The molecule has 0 saturated heterocycles. The Kier molecular flexibility index (Phi) is 5.84. The molecule has 3 aromatic carbocycles. The molecule has 158 valence electrons. The van der Waals surface area contributed by atoms with E-state index >= 15 is 0 Å². The summed E-state index contributed by atoms with van der Waals surface area (Å²) in [5.74, 6) is -0.293. The van der Waals surface area contributed by atoms with Gasteiger partial charge in [-0.1, -0.05) is 46.3 Å². The number of hydrogen-bond acceptors (Lipinski definition) is 4. The van der Waals surface area contributed by atoms with E-state index in [0.29, 0.717) is 28.2 Å². The average molecular weight is 498 g/mol. The van der Waals surface area contributed by atoms with Crippen LogP contribution in [-0.4, -0.2) is 20.1 Å². The Morgan fingerprint density at radius 2 is 1.65 bits per heavy atom. The molecule has 1 heterocycles. The monoisotopic (exact) mass is 497 g/mol. The number of benzene rings is 3. The van der Waals surface area contributed by atoms with Crippen LogP contribution < -0.4 is 15.4 Å². The first-order chi connectivity index (χ1) is 14.9. The SMILES string of the molecule is CCS(=O)(=O)Nc1ccc2c(c1)C(=C(Nc1ccc(Br)cc1)c1ccccc1)C(=O)N2. The molecule has 1 amide bonds. The van der Waals surface area contributed by atoms with Crippen LogP contribution in [0.4, 0.5) is 17.1 Å². The van der Waals surface area contributed by atoms with E-state index in [1.165, 1.54) is 0 Å². The van der Waals surface area contributed by atoms with Gasteiger partial charge in [0.15, 0.2) is 0 Å². The van der Waals surface area contributed by atoms with Crippen molar-refractivity contribution in [2.45, 2.75) is 6.92 Å². The summed E-state index contributed by atoms with van der Waals surface area (Å²) in [4.78, 5) is 13.0. The summed E-state index contributed by atoms with van der Waals surface area (Å²) in [6.07, 6.45) is 0. The van der Waals surface area contributed by atoms with Crippen LogP contribution in [0.1, 0.15) is 18.1 Å². The molecule has 0 atom stereocenters. The van der Waals surface area contributed by atoms with Gasteiger partial charge in [0.1, 0.15) is 0 Å². The van der Waals surface area contributed by atoms with E-state index in [4.69, 9.17) is 0 Å². The first kappa shape index (κ1) is 21.1. The van der Waals surface area contributed by atoms with Crippen LogP contribution in [0.5, 0.6) is 0 Å². The predicted octanol–water partition coefficient (Wildman–Crippen LogP) is 5.14. The van der Waals surface area contributed by atoms with Crippen molar-refractivity contribution in [3.05, 3.63) is 88.4 Å². The van der Waals surface area contributed by atoms with Crippen molar-refractivity contribution in [2.75, 3.05) is 21.1 Å². The maximum Gasteiger partial charge on any atom is 0.258 e. The lowest BCUT2D eigenvalue weighted by molar-refractivity contribution is -0.110. The van der Waals surface area contributed by atoms with Crippen LogP contribution in [0.3, 0.4) is 0 Å². The van der Waals surface area contributed by atoms with Gasteiger partial charge in [0, 0.05) is 27.1 Å². The van der Waals surface area contributed by atoms with E-state index in [-0.39, 0.29) is 11.7 Å². The largest absolute Gasteiger partial charge is 0.354 e. The fourth-order valence-corrected chi connectivity index (χ4v) is 4.19. The highest BCUT2D eigenvalue weighted by molar-refractivity contribution is 9.10. The van der Waals surface area contributed by atoms with Crippen LogP contribution >= 0.6 is 15.9 Å². The van der Waals surface area contributed by atoms with Crippen LogP contribution in [0, 0.1) is 0 Å². The quantitative estimate of drug-likeness (QED) is 0.411. The van der Waals surface area contributed by atoms with Crippen molar-refractivity contribution in [2.24, 2.45) is 0 Å². The Morgan fingerprint density at radius 3 is 2.32 bits per heavy atom. The number of amides is 1. The molecular weight excluding hydrogens is 478 g/mol. The number of carbonyl (C=O) groups excluding carboxylic acids is 1. The second-order valence-corrected chi connectivity index (χ2v) is 9.89. The first-order valence-corrected chi connectivity index (χ1v) is 12.1. The first-order valence-electron chi connectivity index (χ1n) is 9.65. The topological polar surface area (TPSA) is 87.3 Å². The molecule has 0 aromatic heterocycles. The van der Waals surface area contributed by atoms with Crippen molar-refractivity contribution in [1.82, 2.24) is 0 Å². The number of nitrogens with one attached hydrogen (secondary N) is 3. The van der Waals surface area contributed by atoms with Gasteiger partial charge < -0.3 is 10.6 Å². The van der Waals surface area contributed by atoms with Gasteiger partial charge >= 0.3 is 0 Å². The van der Waals surface area contributed by atoms with Crippen molar-refractivity contribution in [1.29, 1.82) is 0 Å². The van der Waals surface area contributed by atoms with Crippen LogP contribution in [-0.2, 0) is 14.8 Å². The maximum atomic E-state index is 13.0. The van der Waals surface area contributed by atoms with Crippen LogP contribution in [0.2, 0.25) is 0 Å². The summed E-state index contributed by atoms with van der Waals surface area (Å²) in [5.41, 5.74) is 4.40. The summed E-state index contributed by atoms with van der Waals surface area (Å²) < 4.78 is 27.5. The molecule has 0 aliphatic carbocycles. The number of halogens is 1. The lowest BCUT2D eigenvalue weighted by Crippen LogP contribution is -2.14. The third-order valence-corrected chi connectivity index (χ3v) is 6.68. The second kappa shape index (κ2) is 8.56. The molecule has 8 heteroatoms. The van der Waals surface area contributed by atoms with Crippen molar-refractivity contribution in [3.63, 3.8) is 0 Å². The predicted molar refractivity (Wildman–Crippen MR) is 129 cm³/mol. The fourth-order valence-electron chi connectivity index (χ4n) is 3.29. The third-order valence-electron chi connectivity index (χ3n) is 4.84. The third kappa shape index (κ3) is 4.65. The Labute approximate surface area is 189 Å². The lowest BCUT2D eigenvalue weighted by Gasteiger charge is -2.15. The standard InChI is InChI=1S/C23H20BrN3O3S/c1-2-31(29,30)27-18-12-13-20-19(14-18)21(23(28)26-20)22(15-6-4-3-5-7-15)25-17-10-8-16(24)9-11-17/h3-14,25,27H,2H2,1H3,(H,26,28). The molecule has 3 N–H and O–H groups in total. The molecule has 0 radical (unpaired) electrons. The molecule has 0 spiro atoms. The highest BCUT2D eigenvalue weighted by atomic mass is 79.9.